The third-order valence-electron chi connectivity index (χ3n) is 9.84. The number of benzene rings is 3. The Bertz CT molecular complexity index is 1180. The molecule has 3 aromatic rings. The topological polar surface area (TPSA) is 38.7 Å². The lowest BCUT2D eigenvalue weighted by molar-refractivity contribution is 0.0150. The fourth-order valence-corrected chi connectivity index (χ4v) is 7.26. The Hall–Kier alpha value is -2.94. The summed E-state index contributed by atoms with van der Waals surface area (Å²) in [5.74, 6) is 2.11. The van der Waals surface area contributed by atoms with Crippen LogP contribution in [0, 0.1) is 0 Å². The van der Waals surface area contributed by atoms with Gasteiger partial charge in [0.05, 0.1) is 0 Å². The number of hydrogen-bond donors (Lipinski definition) is 1. The van der Waals surface area contributed by atoms with E-state index in [0.717, 1.165) is 86.8 Å². The molecule has 0 bridgehead atoms. The van der Waals surface area contributed by atoms with Gasteiger partial charge in [-0.1, -0.05) is 153 Å². The molecule has 0 aromatic heterocycles. The van der Waals surface area contributed by atoms with Crippen LogP contribution in [0.4, 0.5) is 0 Å². The van der Waals surface area contributed by atoms with Crippen LogP contribution in [0.1, 0.15) is 167 Å². The standard InChI is InChI=1S/C44H66O3/c1-5-9-13-23-34-43(35-24-14-10-6-2,46-38-28-19-17-20-29-38)40-32-27-33-41(45)42(40)44(36-25-15-11-7-3,37-26-16-12-8-4)47-39-30-21-18-22-31-39/h17-22,27-33,45H,5-16,23-26,34-37H2,1-4H3. The van der Waals surface area contributed by atoms with Gasteiger partial charge in [0, 0.05) is 11.1 Å². The number of unbranched alkanes of at least 4 members (excludes halogenated alkanes) is 12. The van der Waals surface area contributed by atoms with Crippen molar-refractivity contribution in [3.63, 3.8) is 0 Å². The van der Waals surface area contributed by atoms with Gasteiger partial charge in [0.2, 0.25) is 0 Å². The molecule has 0 spiro atoms. The van der Waals surface area contributed by atoms with Gasteiger partial charge in [0.1, 0.15) is 28.5 Å². The number of ether oxygens (including phenoxy) is 2. The van der Waals surface area contributed by atoms with Crippen molar-refractivity contribution < 1.29 is 14.6 Å². The van der Waals surface area contributed by atoms with E-state index in [2.05, 4.69) is 88.4 Å². The zero-order valence-corrected chi connectivity index (χ0v) is 30.4. The fourth-order valence-electron chi connectivity index (χ4n) is 7.26. The van der Waals surface area contributed by atoms with E-state index in [4.69, 9.17) is 9.47 Å². The maximum Gasteiger partial charge on any atom is 0.138 e. The summed E-state index contributed by atoms with van der Waals surface area (Å²) in [5.41, 5.74) is 0.839. The van der Waals surface area contributed by atoms with E-state index in [0.29, 0.717) is 5.75 Å². The molecule has 0 saturated carbocycles. The molecule has 0 atom stereocenters. The minimum absolute atomic E-state index is 0.340. The van der Waals surface area contributed by atoms with Crippen LogP contribution in [0.5, 0.6) is 17.2 Å². The van der Waals surface area contributed by atoms with Crippen LogP contribution >= 0.6 is 0 Å². The number of hydrogen-bond acceptors (Lipinski definition) is 3. The van der Waals surface area contributed by atoms with Crippen LogP contribution in [0.15, 0.2) is 78.9 Å². The van der Waals surface area contributed by atoms with Crippen LogP contribution in [0.25, 0.3) is 0 Å². The van der Waals surface area contributed by atoms with E-state index in [1.165, 1.54) is 64.2 Å². The average Bonchev–Trinajstić information content (AvgIpc) is 3.09. The maximum absolute atomic E-state index is 12.1. The molecular weight excluding hydrogens is 576 g/mol. The van der Waals surface area contributed by atoms with Crippen molar-refractivity contribution in [1.82, 2.24) is 0 Å². The number of phenolic OH excluding ortho intramolecular Hbond substituents is 1. The van der Waals surface area contributed by atoms with Crippen LogP contribution in [-0.4, -0.2) is 5.11 Å². The lowest BCUT2D eigenvalue weighted by atomic mass is 9.73. The molecule has 0 aliphatic heterocycles. The number of aromatic hydroxyl groups is 1. The second kappa shape index (κ2) is 21.8. The minimum Gasteiger partial charge on any atom is -0.508 e. The van der Waals surface area contributed by atoms with E-state index >= 15 is 0 Å². The molecule has 47 heavy (non-hydrogen) atoms. The monoisotopic (exact) mass is 643 g/mol. The molecule has 3 aromatic carbocycles. The van der Waals surface area contributed by atoms with E-state index in [-0.39, 0.29) is 0 Å². The molecule has 0 heterocycles. The summed E-state index contributed by atoms with van der Waals surface area (Å²) < 4.78 is 14.6. The largest absolute Gasteiger partial charge is 0.508 e. The first-order valence-corrected chi connectivity index (χ1v) is 19.3. The predicted molar refractivity (Wildman–Crippen MR) is 201 cm³/mol. The predicted octanol–water partition coefficient (Wildman–Crippen LogP) is 13.8. The summed E-state index contributed by atoms with van der Waals surface area (Å²) in [4.78, 5) is 0. The molecule has 0 aliphatic carbocycles. The van der Waals surface area contributed by atoms with Crippen molar-refractivity contribution in [3.8, 4) is 17.2 Å². The average molecular weight is 643 g/mol. The molecule has 1 N–H and O–H groups in total. The Morgan fingerprint density at radius 3 is 1.21 bits per heavy atom. The zero-order chi connectivity index (χ0) is 33.6. The quantitative estimate of drug-likeness (QED) is 0.0886. The third kappa shape index (κ3) is 12.2. The molecule has 3 heteroatoms. The molecule has 3 nitrogen and oxygen atoms in total. The first-order valence-electron chi connectivity index (χ1n) is 19.3. The summed E-state index contributed by atoms with van der Waals surface area (Å²) in [5, 5.41) is 12.1. The van der Waals surface area contributed by atoms with Crippen molar-refractivity contribution >= 4 is 0 Å². The normalized spacial score (nSPS) is 11.9. The minimum atomic E-state index is -0.665. The summed E-state index contributed by atoms with van der Waals surface area (Å²) in [6, 6.07) is 26.9. The van der Waals surface area contributed by atoms with Gasteiger partial charge in [-0.25, -0.2) is 0 Å². The fraction of sp³-hybridized carbons (Fsp3) is 0.591. The highest BCUT2D eigenvalue weighted by molar-refractivity contribution is 5.48. The molecule has 0 amide bonds. The van der Waals surface area contributed by atoms with E-state index < -0.39 is 11.2 Å². The molecule has 260 valence electrons. The highest BCUT2D eigenvalue weighted by Crippen LogP contribution is 2.50. The van der Waals surface area contributed by atoms with Crippen molar-refractivity contribution in [2.75, 3.05) is 0 Å². The Labute approximate surface area is 288 Å². The van der Waals surface area contributed by atoms with Crippen LogP contribution < -0.4 is 9.47 Å². The molecule has 0 aliphatic rings. The summed E-state index contributed by atoms with van der Waals surface area (Å²) in [6.07, 6.45) is 22.2. The molecule has 0 fully saturated rings. The molecule has 0 saturated heterocycles. The SMILES string of the molecule is CCCCCCC(CCCCCC)(Oc1ccccc1)c1cccc(O)c1C(CCCCCC)(CCCCCC)Oc1ccccc1. The van der Waals surface area contributed by atoms with Crippen LogP contribution in [0.3, 0.4) is 0 Å². The van der Waals surface area contributed by atoms with Crippen molar-refractivity contribution in [3.05, 3.63) is 90.0 Å². The zero-order valence-electron chi connectivity index (χ0n) is 30.4. The van der Waals surface area contributed by atoms with Gasteiger partial charge in [-0.2, -0.15) is 0 Å². The first kappa shape index (κ1) is 38.5. The van der Waals surface area contributed by atoms with E-state index in [1.54, 1.807) is 0 Å². The highest BCUT2D eigenvalue weighted by atomic mass is 16.5. The lowest BCUT2D eigenvalue weighted by Gasteiger charge is -2.43. The van der Waals surface area contributed by atoms with Gasteiger partial charge in [0.25, 0.3) is 0 Å². The Morgan fingerprint density at radius 2 is 0.809 bits per heavy atom. The van der Waals surface area contributed by atoms with Crippen LogP contribution in [0.2, 0.25) is 0 Å². The second-order valence-electron chi connectivity index (χ2n) is 13.8. The Balaban J connectivity index is 2.27. The van der Waals surface area contributed by atoms with Crippen molar-refractivity contribution in [1.29, 1.82) is 0 Å². The van der Waals surface area contributed by atoms with Crippen LogP contribution in [-0.2, 0) is 11.2 Å². The molecule has 0 radical (unpaired) electrons. The third-order valence-corrected chi connectivity index (χ3v) is 9.84. The Kier molecular flexibility index (Phi) is 17.9. The van der Waals surface area contributed by atoms with Gasteiger partial charge >= 0.3 is 0 Å². The molecule has 0 unspecified atom stereocenters. The van der Waals surface area contributed by atoms with E-state index in [1.807, 2.05) is 18.2 Å². The summed E-state index contributed by atoms with van der Waals surface area (Å²) in [6.45, 7) is 9.09. The van der Waals surface area contributed by atoms with Gasteiger partial charge in [-0.05, 0) is 81.7 Å². The van der Waals surface area contributed by atoms with Crippen molar-refractivity contribution in [2.24, 2.45) is 0 Å². The van der Waals surface area contributed by atoms with Gasteiger partial charge in [-0.3, -0.25) is 0 Å². The maximum atomic E-state index is 12.1. The number of phenols is 1. The Morgan fingerprint density at radius 1 is 0.426 bits per heavy atom. The van der Waals surface area contributed by atoms with Gasteiger partial charge in [0.15, 0.2) is 0 Å². The smallest absolute Gasteiger partial charge is 0.138 e. The molecular formula is C44H66O3. The summed E-state index contributed by atoms with van der Waals surface area (Å²) >= 11 is 0. The summed E-state index contributed by atoms with van der Waals surface area (Å²) in [7, 11) is 0. The second-order valence-corrected chi connectivity index (χ2v) is 13.8. The number of rotatable bonds is 26. The molecule has 3 rings (SSSR count). The first-order chi connectivity index (χ1) is 23.0. The van der Waals surface area contributed by atoms with Gasteiger partial charge in [-0.15, -0.1) is 0 Å². The highest BCUT2D eigenvalue weighted by Gasteiger charge is 2.45. The lowest BCUT2D eigenvalue weighted by Crippen LogP contribution is -2.41. The van der Waals surface area contributed by atoms with Gasteiger partial charge < -0.3 is 14.6 Å². The number of para-hydroxylation sites is 2. The van der Waals surface area contributed by atoms with E-state index in [9.17, 15) is 5.11 Å². The van der Waals surface area contributed by atoms with Crippen molar-refractivity contribution in [2.45, 2.75) is 167 Å².